The maximum Gasteiger partial charge on any atom is 0.193 e. The first-order chi connectivity index (χ1) is 19.7. The summed E-state index contributed by atoms with van der Waals surface area (Å²) in [6, 6.07) is 7.18. The molecule has 216 valence electrons. The van der Waals surface area contributed by atoms with Crippen LogP contribution in [0.15, 0.2) is 36.4 Å². The molecule has 4 atom stereocenters. The van der Waals surface area contributed by atoms with E-state index in [-0.39, 0.29) is 70.6 Å². The van der Waals surface area contributed by atoms with E-state index in [4.69, 9.17) is 0 Å². The SMILES string of the molecule is O=C(c1ccc2c(c1)C(=O)C(C(=O)C1CCCS1(=O)=O)C2=O)c1ccc2c(c1)C(=O)C(C(=O)C1CCCS1(=O)=O)C2=O. The van der Waals surface area contributed by atoms with Crippen LogP contribution in [0, 0.1) is 11.8 Å². The molecule has 6 rings (SSSR count). The van der Waals surface area contributed by atoms with Gasteiger partial charge in [-0.05, 0) is 49.9 Å². The van der Waals surface area contributed by atoms with Crippen LogP contribution in [-0.2, 0) is 29.3 Å². The fraction of sp³-hybridized carbons (Fsp3) is 0.345. The Labute approximate surface area is 239 Å². The second-order valence-electron chi connectivity index (χ2n) is 11.0. The number of carbonyl (C=O) groups is 7. The number of fused-ring (bicyclic) bond motifs is 2. The van der Waals surface area contributed by atoms with Gasteiger partial charge in [-0.25, -0.2) is 16.8 Å². The smallest absolute Gasteiger partial charge is 0.193 e. The van der Waals surface area contributed by atoms with Gasteiger partial charge in [0.25, 0.3) is 0 Å². The van der Waals surface area contributed by atoms with Crippen molar-refractivity contribution in [3.05, 3.63) is 69.8 Å². The Bertz CT molecular complexity index is 1780. The van der Waals surface area contributed by atoms with Crippen molar-refractivity contribution in [1.29, 1.82) is 0 Å². The van der Waals surface area contributed by atoms with Gasteiger partial charge < -0.3 is 0 Å². The Morgan fingerprint density at radius 3 is 1.24 bits per heavy atom. The van der Waals surface area contributed by atoms with E-state index in [1.165, 1.54) is 24.3 Å². The van der Waals surface area contributed by atoms with E-state index < -0.39 is 82.5 Å². The number of rotatable bonds is 6. The second kappa shape index (κ2) is 9.53. The number of benzene rings is 2. The molecule has 2 saturated heterocycles. The predicted molar refractivity (Wildman–Crippen MR) is 144 cm³/mol. The topological polar surface area (TPSA) is 188 Å². The lowest BCUT2D eigenvalue weighted by atomic mass is 9.94. The molecular formula is C29H22O11S2. The van der Waals surface area contributed by atoms with Gasteiger partial charge in [0.1, 0.15) is 22.3 Å². The Morgan fingerprint density at radius 2 is 0.905 bits per heavy atom. The summed E-state index contributed by atoms with van der Waals surface area (Å²) in [6.45, 7) is 0. The number of sulfone groups is 2. The molecule has 0 amide bonds. The molecule has 4 aliphatic rings. The first-order valence-corrected chi connectivity index (χ1v) is 16.7. The van der Waals surface area contributed by atoms with Crippen LogP contribution in [0.5, 0.6) is 0 Å². The molecule has 2 heterocycles. The fourth-order valence-corrected chi connectivity index (χ4v) is 10.1. The molecular weight excluding hydrogens is 588 g/mol. The van der Waals surface area contributed by atoms with Gasteiger partial charge in [0.2, 0.25) is 0 Å². The van der Waals surface area contributed by atoms with Crippen LogP contribution in [0.1, 0.15) is 83.0 Å². The van der Waals surface area contributed by atoms with Crippen molar-refractivity contribution in [3.8, 4) is 0 Å². The highest BCUT2D eigenvalue weighted by atomic mass is 32.2. The van der Waals surface area contributed by atoms with Gasteiger partial charge in [-0.3, -0.25) is 33.6 Å². The molecule has 2 aliphatic carbocycles. The fourth-order valence-electron chi connectivity index (χ4n) is 6.35. The summed E-state index contributed by atoms with van der Waals surface area (Å²) in [5.74, 6) is -10.1. The molecule has 13 heteroatoms. The lowest BCUT2D eigenvalue weighted by Gasteiger charge is -2.11. The van der Waals surface area contributed by atoms with Gasteiger partial charge in [-0.1, -0.05) is 12.1 Å². The summed E-state index contributed by atoms with van der Waals surface area (Å²) >= 11 is 0. The van der Waals surface area contributed by atoms with Crippen molar-refractivity contribution in [3.63, 3.8) is 0 Å². The van der Waals surface area contributed by atoms with E-state index in [1.807, 2.05) is 0 Å². The number of Topliss-reactive ketones (excluding diaryl/α,β-unsaturated/α-hetero) is 6. The van der Waals surface area contributed by atoms with Gasteiger partial charge in [0.05, 0.1) is 11.5 Å². The van der Waals surface area contributed by atoms with Crippen LogP contribution in [0.3, 0.4) is 0 Å². The van der Waals surface area contributed by atoms with Crippen LogP contribution < -0.4 is 0 Å². The minimum absolute atomic E-state index is 0.0286. The third-order valence-corrected chi connectivity index (χ3v) is 12.9. The Hall–Kier alpha value is -3.97. The molecule has 0 saturated carbocycles. The zero-order valence-corrected chi connectivity index (χ0v) is 23.5. The van der Waals surface area contributed by atoms with Crippen molar-refractivity contribution in [2.24, 2.45) is 11.8 Å². The Morgan fingerprint density at radius 1 is 0.548 bits per heavy atom. The van der Waals surface area contributed by atoms with Crippen LogP contribution in [0.2, 0.25) is 0 Å². The lowest BCUT2D eigenvalue weighted by molar-refractivity contribution is -0.120. The highest BCUT2D eigenvalue weighted by molar-refractivity contribution is 7.93. The van der Waals surface area contributed by atoms with E-state index in [9.17, 15) is 50.4 Å². The molecule has 0 aromatic heterocycles. The van der Waals surface area contributed by atoms with E-state index in [2.05, 4.69) is 0 Å². The maximum atomic E-state index is 13.4. The van der Waals surface area contributed by atoms with Gasteiger partial charge in [0, 0.05) is 33.4 Å². The molecule has 2 aromatic carbocycles. The third kappa shape index (κ3) is 4.09. The first-order valence-electron chi connectivity index (χ1n) is 13.2. The van der Waals surface area contributed by atoms with Crippen molar-refractivity contribution in [2.45, 2.75) is 36.2 Å². The van der Waals surface area contributed by atoms with E-state index in [0.717, 1.165) is 12.1 Å². The number of ketones is 7. The van der Waals surface area contributed by atoms with Gasteiger partial charge in [0.15, 0.2) is 60.2 Å². The molecule has 11 nitrogen and oxygen atoms in total. The minimum atomic E-state index is -3.76. The van der Waals surface area contributed by atoms with Gasteiger partial charge in [-0.15, -0.1) is 0 Å². The van der Waals surface area contributed by atoms with Crippen molar-refractivity contribution < 1.29 is 50.4 Å². The summed E-state index contributed by atoms with van der Waals surface area (Å²) in [6.07, 6.45) is 0.563. The number of carbonyl (C=O) groups excluding carboxylic acids is 7. The molecule has 2 aromatic rings. The molecule has 0 N–H and O–H groups in total. The average molecular weight is 611 g/mol. The molecule has 0 radical (unpaired) electrons. The van der Waals surface area contributed by atoms with E-state index >= 15 is 0 Å². The van der Waals surface area contributed by atoms with Crippen LogP contribution >= 0.6 is 0 Å². The number of hydrogen-bond acceptors (Lipinski definition) is 11. The highest BCUT2D eigenvalue weighted by Gasteiger charge is 2.51. The van der Waals surface area contributed by atoms with Crippen LogP contribution in [-0.4, -0.2) is 79.3 Å². The second-order valence-corrected chi connectivity index (χ2v) is 15.6. The van der Waals surface area contributed by atoms with Crippen molar-refractivity contribution >= 4 is 60.2 Å². The van der Waals surface area contributed by atoms with E-state index in [1.54, 1.807) is 0 Å². The van der Waals surface area contributed by atoms with E-state index in [0.29, 0.717) is 0 Å². The van der Waals surface area contributed by atoms with Crippen molar-refractivity contribution in [1.82, 2.24) is 0 Å². The minimum Gasteiger partial charge on any atom is -0.297 e. The zero-order chi connectivity index (χ0) is 30.3. The van der Waals surface area contributed by atoms with Gasteiger partial charge >= 0.3 is 0 Å². The Balaban J connectivity index is 1.27. The molecule has 2 fully saturated rings. The summed E-state index contributed by atoms with van der Waals surface area (Å²) in [5.41, 5.74) is -0.756. The molecule has 0 bridgehead atoms. The quantitative estimate of drug-likeness (QED) is 0.338. The highest BCUT2D eigenvalue weighted by Crippen LogP contribution is 2.35. The molecule has 0 spiro atoms. The molecule has 2 aliphatic heterocycles. The van der Waals surface area contributed by atoms with Crippen molar-refractivity contribution in [2.75, 3.05) is 11.5 Å². The maximum absolute atomic E-state index is 13.4. The largest absolute Gasteiger partial charge is 0.297 e. The molecule has 4 unspecified atom stereocenters. The van der Waals surface area contributed by atoms with Crippen LogP contribution in [0.4, 0.5) is 0 Å². The zero-order valence-electron chi connectivity index (χ0n) is 21.8. The average Bonchev–Trinajstić information content (AvgIpc) is 3.64. The lowest BCUT2D eigenvalue weighted by Crippen LogP contribution is -2.37. The Kier molecular flexibility index (Phi) is 6.39. The molecule has 42 heavy (non-hydrogen) atoms. The number of hydrogen-bond donors (Lipinski definition) is 0. The summed E-state index contributed by atoms with van der Waals surface area (Å²) in [5, 5.41) is -2.86. The normalized spacial score (nSPS) is 27.2. The summed E-state index contributed by atoms with van der Waals surface area (Å²) in [4.78, 5) is 91.3. The van der Waals surface area contributed by atoms with Crippen LogP contribution in [0.25, 0.3) is 0 Å². The first kappa shape index (κ1) is 28.2. The summed E-state index contributed by atoms with van der Waals surface area (Å²) in [7, 11) is -7.52. The standard InChI is InChI=1S/C29H22O11S2/c30-23(13-5-7-15-17(11-13)26(33)21(24(15)31)28(35)19-3-1-9-41(19,37)38)14-6-8-16-18(12-14)27(34)22(25(16)32)29(36)20-4-2-10-42(20,39)40/h5-8,11-12,19-22H,1-4,9-10H2. The summed E-state index contributed by atoms with van der Waals surface area (Å²) < 4.78 is 49.0. The monoisotopic (exact) mass is 610 g/mol. The third-order valence-electron chi connectivity index (χ3n) is 8.54. The van der Waals surface area contributed by atoms with Gasteiger partial charge in [-0.2, -0.15) is 0 Å². The predicted octanol–water partition coefficient (Wildman–Crippen LogP) is 1.20.